The highest BCUT2D eigenvalue weighted by Crippen LogP contribution is 2.24. The van der Waals surface area contributed by atoms with Crippen molar-refractivity contribution in [1.82, 2.24) is 5.32 Å². The van der Waals surface area contributed by atoms with Gasteiger partial charge in [-0.05, 0) is 25.8 Å². The number of carbonyl (C=O) groups excluding carboxylic acids is 2. The fraction of sp³-hybridized carbons (Fsp3) is 0.786. The molecule has 0 aromatic carbocycles. The number of aliphatic carboxylic acids is 1. The van der Waals surface area contributed by atoms with Gasteiger partial charge in [-0.1, -0.05) is 20.3 Å². The van der Waals surface area contributed by atoms with E-state index in [0.717, 1.165) is 32.2 Å². The minimum Gasteiger partial charge on any atom is -0.480 e. The number of carboxylic acid groups (broad SMARTS) is 1. The van der Waals surface area contributed by atoms with E-state index in [4.69, 9.17) is 26.0 Å². The van der Waals surface area contributed by atoms with E-state index in [1.807, 2.05) is 13.8 Å². The van der Waals surface area contributed by atoms with Gasteiger partial charge < -0.3 is 31.4 Å². The van der Waals surface area contributed by atoms with Crippen molar-refractivity contribution >= 4 is 18.2 Å². The maximum atomic E-state index is 10.5. The lowest BCUT2D eigenvalue weighted by Crippen LogP contribution is -2.33. The molecule has 6 N–H and O–H groups in total. The van der Waals surface area contributed by atoms with Crippen LogP contribution in [-0.4, -0.2) is 49.1 Å². The second-order valence-corrected chi connectivity index (χ2v) is 5.76. The normalized spacial score (nSPS) is 16.9. The Labute approximate surface area is 135 Å². The zero-order chi connectivity index (χ0) is 17.9. The molecule has 0 aromatic heterocycles. The van der Waals surface area contributed by atoms with E-state index in [9.17, 15) is 14.4 Å². The zero-order valence-electron chi connectivity index (χ0n) is 13.7. The Bertz CT molecular complexity index is 378. The Balaban J connectivity index is 0.000000502. The molecule has 9 nitrogen and oxygen atoms in total. The summed E-state index contributed by atoms with van der Waals surface area (Å²) < 4.78 is 9.40. The second-order valence-electron chi connectivity index (χ2n) is 5.76. The van der Waals surface area contributed by atoms with Crippen molar-refractivity contribution in [2.75, 3.05) is 19.8 Å². The Morgan fingerprint density at radius 1 is 1.22 bits per heavy atom. The Kier molecular flexibility index (Phi) is 9.71. The van der Waals surface area contributed by atoms with Gasteiger partial charge >= 0.3 is 18.2 Å². The summed E-state index contributed by atoms with van der Waals surface area (Å²) >= 11 is 0. The first-order valence-electron chi connectivity index (χ1n) is 7.51. The topological polar surface area (TPSA) is 154 Å². The maximum Gasteiger partial charge on any atom is 0.404 e. The first-order chi connectivity index (χ1) is 10.7. The molecule has 0 aliphatic carbocycles. The third-order valence-corrected chi connectivity index (χ3v) is 3.34. The number of nitrogens with one attached hydrogen (secondary N) is 1. The Morgan fingerprint density at radius 2 is 1.74 bits per heavy atom. The summed E-state index contributed by atoms with van der Waals surface area (Å²) in [4.78, 5) is 31.1. The molecule has 0 radical (unpaired) electrons. The highest BCUT2D eigenvalue weighted by molar-refractivity contribution is 5.73. The van der Waals surface area contributed by atoms with Gasteiger partial charge in [-0.2, -0.15) is 0 Å². The summed E-state index contributed by atoms with van der Waals surface area (Å²) in [6.45, 7) is 4.90. The van der Waals surface area contributed by atoms with Crippen molar-refractivity contribution in [1.29, 1.82) is 0 Å². The lowest BCUT2D eigenvalue weighted by Gasteiger charge is -2.27. The molecular weight excluding hydrogens is 306 g/mol. The smallest absolute Gasteiger partial charge is 0.404 e. The Morgan fingerprint density at radius 3 is 2.00 bits per heavy atom. The van der Waals surface area contributed by atoms with Gasteiger partial charge in [-0.15, -0.1) is 0 Å². The number of amides is 2. The summed E-state index contributed by atoms with van der Waals surface area (Å²) in [5, 5.41) is 11.2. The van der Waals surface area contributed by atoms with Crippen LogP contribution in [0.3, 0.4) is 0 Å². The molecule has 0 aromatic rings. The predicted molar refractivity (Wildman–Crippen MR) is 82.7 cm³/mol. The van der Waals surface area contributed by atoms with Crippen molar-refractivity contribution in [3.63, 3.8) is 0 Å². The van der Waals surface area contributed by atoms with Crippen LogP contribution in [-0.2, 0) is 14.3 Å². The lowest BCUT2D eigenvalue weighted by molar-refractivity contribution is -0.139. The summed E-state index contributed by atoms with van der Waals surface area (Å²) in [6.07, 6.45) is 1.73. The molecule has 2 amide bonds. The van der Waals surface area contributed by atoms with E-state index in [2.05, 4.69) is 5.32 Å². The predicted octanol–water partition coefficient (Wildman–Crippen LogP) is 0.806. The molecule has 9 heteroatoms. The van der Waals surface area contributed by atoms with Gasteiger partial charge in [0.15, 0.2) is 0 Å². The third kappa shape index (κ3) is 10.3. The number of hydrogen-bond donors (Lipinski definition) is 4. The molecule has 1 heterocycles. The van der Waals surface area contributed by atoms with Crippen molar-refractivity contribution < 1.29 is 29.0 Å². The van der Waals surface area contributed by atoms with E-state index in [1.165, 1.54) is 0 Å². The molecule has 23 heavy (non-hydrogen) atoms. The monoisotopic (exact) mass is 333 g/mol. The van der Waals surface area contributed by atoms with Gasteiger partial charge in [0, 0.05) is 5.41 Å². The van der Waals surface area contributed by atoms with E-state index < -0.39 is 23.6 Å². The summed E-state index contributed by atoms with van der Waals surface area (Å²) in [6, 6.07) is -0.269. The van der Waals surface area contributed by atoms with Crippen molar-refractivity contribution in [3.05, 3.63) is 0 Å². The number of nitrogens with two attached hydrogens (primary N) is 2. The molecule has 134 valence electrons. The molecule has 0 saturated carbocycles. The van der Waals surface area contributed by atoms with Crippen LogP contribution in [0.4, 0.5) is 9.59 Å². The van der Waals surface area contributed by atoms with Crippen molar-refractivity contribution in [2.45, 2.75) is 45.6 Å². The molecule has 1 atom stereocenters. The molecule has 0 unspecified atom stereocenters. The molecular formula is C14H27N3O6. The van der Waals surface area contributed by atoms with E-state index in [1.54, 1.807) is 0 Å². The standard InChI is InChI=1S/C9H18N2O4.C5H9NO2/c1-3-4-9(2,5-14-7(10)12)6-15-8(11)13;7-5(8)4-2-1-3-6-4/h3-6H2,1-2H3,(H2,10,12)(H2,11,13);4,6H,1-3H2,(H,7,8)/t;4-/m.0/s1. The van der Waals surface area contributed by atoms with Gasteiger partial charge in [0.1, 0.15) is 19.3 Å². The number of rotatable bonds is 7. The molecule has 0 bridgehead atoms. The van der Waals surface area contributed by atoms with E-state index in [-0.39, 0.29) is 19.3 Å². The average molecular weight is 333 g/mol. The largest absolute Gasteiger partial charge is 0.480 e. The molecule has 1 aliphatic rings. The number of ether oxygens (including phenoxy) is 2. The van der Waals surface area contributed by atoms with E-state index in [0.29, 0.717) is 0 Å². The van der Waals surface area contributed by atoms with Crippen LogP contribution in [0.1, 0.15) is 39.5 Å². The number of hydrogen-bond acceptors (Lipinski definition) is 6. The van der Waals surface area contributed by atoms with E-state index >= 15 is 0 Å². The highest BCUT2D eigenvalue weighted by Gasteiger charge is 2.27. The van der Waals surface area contributed by atoms with Crippen molar-refractivity contribution in [2.24, 2.45) is 16.9 Å². The first kappa shape index (κ1) is 21.0. The number of carbonyl (C=O) groups is 3. The van der Waals surface area contributed by atoms with Crippen LogP contribution in [0.2, 0.25) is 0 Å². The van der Waals surface area contributed by atoms with Gasteiger partial charge in [-0.3, -0.25) is 4.79 Å². The minimum atomic E-state index is -0.837. The first-order valence-corrected chi connectivity index (χ1v) is 7.51. The third-order valence-electron chi connectivity index (χ3n) is 3.34. The minimum absolute atomic E-state index is 0.115. The van der Waals surface area contributed by atoms with Crippen LogP contribution in [0, 0.1) is 5.41 Å². The molecule has 1 aliphatic heterocycles. The summed E-state index contributed by atoms with van der Waals surface area (Å²) in [5.74, 6) is -0.720. The van der Waals surface area contributed by atoms with Gasteiger partial charge in [0.05, 0.1) is 0 Å². The molecule has 1 fully saturated rings. The zero-order valence-corrected chi connectivity index (χ0v) is 13.7. The number of carboxylic acids is 1. The highest BCUT2D eigenvalue weighted by atomic mass is 16.6. The van der Waals surface area contributed by atoms with Crippen LogP contribution in [0.25, 0.3) is 0 Å². The Hall–Kier alpha value is -2.03. The van der Waals surface area contributed by atoms with Crippen LogP contribution >= 0.6 is 0 Å². The quantitative estimate of drug-likeness (QED) is 0.537. The van der Waals surface area contributed by atoms with Crippen LogP contribution in [0.15, 0.2) is 0 Å². The lowest BCUT2D eigenvalue weighted by atomic mass is 9.87. The average Bonchev–Trinajstić information content (AvgIpc) is 2.99. The number of primary amides is 2. The molecule has 1 saturated heterocycles. The summed E-state index contributed by atoms with van der Waals surface area (Å²) in [7, 11) is 0. The van der Waals surface area contributed by atoms with Gasteiger partial charge in [0.2, 0.25) is 0 Å². The maximum absolute atomic E-state index is 10.5. The van der Waals surface area contributed by atoms with Crippen LogP contribution < -0.4 is 16.8 Å². The van der Waals surface area contributed by atoms with Gasteiger partial charge in [-0.25, -0.2) is 9.59 Å². The van der Waals surface area contributed by atoms with Crippen LogP contribution in [0.5, 0.6) is 0 Å². The van der Waals surface area contributed by atoms with Gasteiger partial charge in [0.25, 0.3) is 0 Å². The van der Waals surface area contributed by atoms with Crippen molar-refractivity contribution in [3.8, 4) is 0 Å². The summed E-state index contributed by atoms with van der Waals surface area (Å²) in [5.41, 5.74) is 9.28. The molecule has 1 rings (SSSR count). The second kappa shape index (κ2) is 10.7. The SMILES string of the molecule is CCCC(C)(COC(N)=O)COC(N)=O.O=C(O)[C@@H]1CCCN1. The fourth-order valence-electron chi connectivity index (χ4n) is 2.18. The fourth-order valence-corrected chi connectivity index (χ4v) is 2.18. The molecule has 0 spiro atoms.